The Morgan fingerprint density at radius 1 is 1.00 bits per heavy atom. The standard InChI is InChI=1S/C16H17N5O/c1-2-7-15-13(5-1)18-19-21(15)16(14-6-3-4-8-17-14)20-9-11-22-12-10-20/h1-8,16H,9-12H2. The van der Waals surface area contributed by atoms with Crippen molar-refractivity contribution < 1.29 is 4.74 Å². The third kappa shape index (κ3) is 2.36. The summed E-state index contributed by atoms with van der Waals surface area (Å²) in [4.78, 5) is 6.89. The number of morpholine rings is 1. The first kappa shape index (κ1) is 13.4. The van der Waals surface area contributed by atoms with E-state index in [9.17, 15) is 0 Å². The third-order valence-electron chi connectivity index (χ3n) is 3.95. The molecule has 1 aliphatic heterocycles. The first-order valence-corrected chi connectivity index (χ1v) is 7.46. The molecule has 2 aromatic heterocycles. The first-order valence-electron chi connectivity index (χ1n) is 7.46. The molecular weight excluding hydrogens is 278 g/mol. The summed E-state index contributed by atoms with van der Waals surface area (Å²) in [6.45, 7) is 3.18. The molecule has 0 radical (unpaired) electrons. The van der Waals surface area contributed by atoms with Crippen molar-refractivity contribution in [2.24, 2.45) is 0 Å². The summed E-state index contributed by atoms with van der Waals surface area (Å²) in [6.07, 6.45) is 1.76. The fourth-order valence-electron chi connectivity index (χ4n) is 2.89. The van der Waals surface area contributed by atoms with Gasteiger partial charge in [0, 0.05) is 19.3 Å². The molecule has 0 amide bonds. The van der Waals surface area contributed by atoms with Gasteiger partial charge in [0.05, 0.1) is 24.4 Å². The van der Waals surface area contributed by atoms with Gasteiger partial charge in [-0.25, -0.2) is 4.68 Å². The van der Waals surface area contributed by atoms with Gasteiger partial charge in [0.25, 0.3) is 0 Å². The lowest BCUT2D eigenvalue weighted by atomic mass is 10.2. The molecule has 1 aromatic carbocycles. The van der Waals surface area contributed by atoms with Gasteiger partial charge in [0.2, 0.25) is 0 Å². The van der Waals surface area contributed by atoms with Gasteiger partial charge >= 0.3 is 0 Å². The van der Waals surface area contributed by atoms with Gasteiger partial charge in [-0.1, -0.05) is 23.4 Å². The largest absolute Gasteiger partial charge is 0.379 e. The van der Waals surface area contributed by atoms with Gasteiger partial charge in [-0.2, -0.15) is 0 Å². The van der Waals surface area contributed by atoms with E-state index in [1.807, 2.05) is 53.3 Å². The molecule has 22 heavy (non-hydrogen) atoms. The van der Waals surface area contributed by atoms with Crippen molar-refractivity contribution in [3.63, 3.8) is 0 Å². The van der Waals surface area contributed by atoms with Gasteiger partial charge in [0.15, 0.2) is 0 Å². The van der Waals surface area contributed by atoms with E-state index in [1.54, 1.807) is 0 Å². The minimum atomic E-state index is -0.0579. The second kappa shape index (κ2) is 5.82. The van der Waals surface area contributed by atoms with Crippen LogP contribution in [0.4, 0.5) is 0 Å². The minimum absolute atomic E-state index is 0.0579. The second-order valence-corrected chi connectivity index (χ2v) is 5.30. The number of hydrogen-bond acceptors (Lipinski definition) is 5. The Kier molecular flexibility index (Phi) is 3.54. The highest BCUT2D eigenvalue weighted by atomic mass is 16.5. The van der Waals surface area contributed by atoms with Crippen molar-refractivity contribution in [3.8, 4) is 0 Å². The number of para-hydroxylation sites is 1. The lowest BCUT2D eigenvalue weighted by molar-refractivity contribution is 0.00611. The Morgan fingerprint density at radius 2 is 1.82 bits per heavy atom. The van der Waals surface area contributed by atoms with Crippen LogP contribution in [0.3, 0.4) is 0 Å². The lowest BCUT2D eigenvalue weighted by Gasteiger charge is -2.34. The minimum Gasteiger partial charge on any atom is -0.379 e. The average molecular weight is 295 g/mol. The van der Waals surface area contributed by atoms with Crippen LogP contribution in [0.2, 0.25) is 0 Å². The second-order valence-electron chi connectivity index (χ2n) is 5.30. The first-order chi connectivity index (χ1) is 10.9. The molecule has 1 saturated heterocycles. The number of ether oxygens (including phenoxy) is 1. The Hall–Kier alpha value is -2.31. The van der Waals surface area contributed by atoms with Gasteiger partial charge in [0.1, 0.15) is 11.7 Å². The average Bonchev–Trinajstić information content (AvgIpc) is 3.01. The van der Waals surface area contributed by atoms with Gasteiger partial charge in [-0.3, -0.25) is 9.88 Å². The Morgan fingerprint density at radius 3 is 2.64 bits per heavy atom. The van der Waals surface area contributed by atoms with Crippen LogP contribution in [0.15, 0.2) is 48.7 Å². The number of rotatable bonds is 3. The highest BCUT2D eigenvalue weighted by Crippen LogP contribution is 2.25. The van der Waals surface area contributed by atoms with Crippen molar-refractivity contribution in [3.05, 3.63) is 54.4 Å². The summed E-state index contributed by atoms with van der Waals surface area (Å²) < 4.78 is 7.44. The zero-order valence-corrected chi connectivity index (χ0v) is 12.2. The van der Waals surface area contributed by atoms with Crippen LogP contribution in [0, 0.1) is 0 Å². The molecule has 1 fully saturated rings. The number of nitrogens with zero attached hydrogens (tertiary/aromatic N) is 5. The fraction of sp³-hybridized carbons (Fsp3) is 0.312. The van der Waals surface area contributed by atoms with E-state index in [0.29, 0.717) is 0 Å². The molecule has 0 saturated carbocycles. The van der Waals surface area contributed by atoms with E-state index < -0.39 is 0 Å². The maximum Gasteiger partial charge on any atom is 0.149 e. The molecule has 3 heterocycles. The van der Waals surface area contributed by atoms with Crippen molar-refractivity contribution in [1.29, 1.82) is 0 Å². The smallest absolute Gasteiger partial charge is 0.149 e. The van der Waals surface area contributed by atoms with Crippen LogP contribution in [-0.2, 0) is 4.74 Å². The summed E-state index contributed by atoms with van der Waals surface area (Å²) in [6, 6.07) is 14.0. The van der Waals surface area contributed by atoms with Crippen LogP contribution in [0.5, 0.6) is 0 Å². The Labute approximate surface area is 128 Å². The molecule has 1 aliphatic rings. The summed E-state index contributed by atoms with van der Waals surface area (Å²) in [5.41, 5.74) is 2.89. The summed E-state index contributed by atoms with van der Waals surface area (Å²) >= 11 is 0. The number of hydrogen-bond donors (Lipinski definition) is 0. The number of fused-ring (bicyclic) bond motifs is 1. The van der Waals surface area contributed by atoms with E-state index in [0.717, 1.165) is 43.0 Å². The van der Waals surface area contributed by atoms with Crippen molar-refractivity contribution in [2.75, 3.05) is 26.3 Å². The molecule has 0 bridgehead atoms. The Bertz CT molecular complexity index is 751. The lowest BCUT2D eigenvalue weighted by Crippen LogP contribution is -2.42. The van der Waals surface area contributed by atoms with Crippen molar-refractivity contribution in [2.45, 2.75) is 6.17 Å². The van der Waals surface area contributed by atoms with Crippen LogP contribution >= 0.6 is 0 Å². The quantitative estimate of drug-likeness (QED) is 0.736. The number of aromatic nitrogens is 4. The van der Waals surface area contributed by atoms with Gasteiger partial charge < -0.3 is 4.74 Å². The third-order valence-corrected chi connectivity index (χ3v) is 3.95. The Balaban J connectivity index is 1.83. The molecule has 6 heteroatoms. The van der Waals surface area contributed by atoms with E-state index in [4.69, 9.17) is 4.74 Å². The molecule has 1 unspecified atom stereocenters. The molecule has 0 aliphatic carbocycles. The normalized spacial score (nSPS) is 17.6. The van der Waals surface area contributed by atoms with E-state index in [2.05, 4.69) is 20.2 Å². The monoisotopic (exact) mass is 295 g/mol. The topological polar surface area (TPSA) is 56.1 Å². The van der Waals surface area contributed by atoms with E-state index in [-0.39, 0.29) is 6.17 Å². The maximum absolute atomic E-state index is 5.48. The maximum atomic E-state index is 5.48. The zero-order valence-electron chi connectivity index (χ0n) is 12.2. The summed E-state index contributed by atoms with van der Waals surface area (Å²) in [7, 11) is 0. The van der Waals surface area contributed by atoms with E-state index in [1.165, 1.54) is 0 Å². The fourth-order valence-corrected chi connectivity index (χ4v) is 2.89. The molecular formula is C16H17N5O. The number of pyridine rings is 1. The predicted molar refractivity (Wildman–Crippen MR) is 82.3 cm³/mol. The molecule has 1 atom stereocenters. The predicted octanol–water partition coefficient (Wildman–Crippen LogP) is 1.71. The molecule has 0 spiro atoms. The number of benzene rings is 1. The molecule has 112 valence electrons. The summed E-state index contributed by atoms with van der Waals surface area (Å²) in [5.74, 6) is 0. The van der Waals surface area contributed by atoms with Crippen LogP contribution in [0.25, 0.3) is 11.0 Å². The molecule has 6 nitrogen and oxygen atoms in total. The van der Waals surface area contributed by atoms with Gasteiger partial charge in [-0.15, -0.1) is 5.10 Å². The van der Waals surface area contributed by atoms with Crippen LogP contribution < -0.4 is 0 Å². The van der Waals surface area contributed by atoms with E-state index >= 15 is 0 Å². The van der Waals surface area contributed by atoms with Crippen molar-refractivity contribution >= 4 is 11.0 Å². The zero-order chi connectivity index (χ0) is 14.8. The molecule has 0 N–H and O–H groups in total. The highest BCUT2D eigenvalue weighted by Gasteiger charge is 2.27. The van der Waals surface area contributed by atoms with Gasteiger partial charge in [-0.05, 0) is 24.3 Å². The van der Waals surface area contributed by atoms with Crippen LogP contribution in [0.1, 0.15) is 11.9 Å². The summed E-state index contributed by atoms with van der Waals surface area (Å²) in [5, 5.41) is 8.68. The van der Waals surface area contributed by atoms with Crippen LogP contribution in [-0.4, -0.2) is 51.2 Å². The molecule has 4 rings (SSSR count). The molecule has 3 aromatic rings. The van der Waals surface area contributed by atoms with Crippen molar-refractivity contribution in [1.82, 2.24) is 24.9 Å². The highest BCUT2D eigenvalue weighted by molar-refractivity contribution is 5.74. The SMILES string of the molecule is c1ccc(C(N2CCOCC2)n2nnc3ccccc32)nc1.